The number of hydrogen-bond acceptors (Lipinski definition) is 1. The minimum absolute atomic E-state index is 0.271. The van der Waals surface area contributed by atoms with Crippen LogP contribution < -0.4 is 0 Å². The lowest BCUT2D eigenvalue weighted by molar-refractivity contribution is 0.346. The van der Waals surface area contributed by atoms with Crippen LogP contribution in [0, 0.1) is 11.8 Å². The molecule has 1 N–H and O–H groups in total. The summed E-state index contributed by atoms with van der Waals surface area (Å²) in [5.41, 5.74) is 0. The van der Waals surface area contributed by atoms with Crippen molar-refractivity contribution in [3.8, 4) is 0 Å². The summed E-state index contributed by atoms with van der Waals surface area (Å²) in [5, 5.41) is 9.16. The molecule has 0 bridgehead atoms. The predicted molar refractivity (Wildman–Crippen MR) is 40.4 cm³/mol. The second-order valence-corrected chi connectivity index (χ2v) is 2.99. The van der Waals surface area contributed by atoms with Gasteiger partial charge in [0.15, 0.2) is 0 Å². The van der Waals surface area contributed by atoms with Crippen LogP contribution in [0.1, 0.15) is 27.7 Å². The van der Waals surface area contributed by atoms with Crippen molar-refractivity contribution >= 4 is 0 Å². The molecule has 0 saturated heterocycles. The lowest BCUT2D eigenvalue weighted by Crippen LogP contribution is -1.94. The molecule has 9 heavy (non-hydrogen) atoms. The van der Waals surface area contributed by atoms with Crippen molar-refractivity contribution in [2.24, 2.45) is 11.8 Å². The Bertz CT molecular complexity index is 101. The number of aliphatic hydroxyl groups excluding tert-OH is 1. The summed E-state index contributed by atoms with van der Waals surface area (Å²) >= 11 is 0. The lowest BCUT2D eigenvalue weighted by Gasteiger charge is -2.03. The largest absolute Gasteiger partial charge is 0.512 e. The third-order valence-corrected chi connectivity index (χ3v) is 1.10. The van der Waals surface area contributed by atoms with Gasteiger partial charge in [0.2, 0.25) is 0 Å². The van der Waals surface area contributed by atoms with Gasteiger partial charge in [-0.1, -0.05) is 27.7 Å². The second-order valence-electron chi connectivity index (χ2n) is 2.99. The van der Waals surface area contributed by atoms with E-state index in [4.69, 9.17) is 5.11 Å². The molecular formula is C8H16O. The topological polar surface area (TPSA) is 20.2 Å². The summed E-state index contributed by atoms with van der Waals surface area (Å²) in [6.45, 7) is 8.07. The third-order valence-electron chi connectivity index (χ3n) is 1.10. The Hall–Kier alpha value is -0.460. The Morgan fingerprint density at radius 2 is 1.67 bits per heavy atom. The van der Waals surface area contributed by atoms with Crippen LogP contribution in [0.2, 0.25) is 0 Å². The number of rotatable bonds is 2. The van der Waals surface area contributed by atoms with E-state index in [1.807, 2.05) is 19.9 Å². The van der Waals surface area contributed by atoms with Crippen molar-refractivity contribution < 1.29 is 5.11 Å². The maximum Gasteiger partial charge on any atom is 0.0910 e. The average Bonchev–Trinajstić information content (AvgIpc) is 1.63. The third kappa shape index (κ3) is 4.07. The van der Waals surface area contributed by atoms with Gasteiger partial charge >= 0.3 is 0 Å². The van der Waals surface area contributed by atoms with Crippen LogP contribution in [0.25, 0.3) is 0 Å². The average molecular weight is 128 g/mol. The fourth-order valence-electron chi connectivity index (χ4n) is 0.534. The molecule has 1 heteroatoms. The molecule has 0 amide bonds. The quantitative estimate of drug-likeness (QED) is 0.567. The Morgan fingerprint density at radius 3 is 1.78 bits per heavy atom. The molecule has 0 aliphatic carbocycles. The van der Waals surface area contributed by atoms with Gasteiger partial charge in [-0.15, -0.1) is 0 Å². The molecule has 0 aromatic heterocycles. The predicted octanol–water partition coefficient (Wildman–Crippen LogP) is 2.74. The molecule has 0 unspecified atom stereocenters. The zero-order valence-electron chi connectivity index (χ0n) is 6.68. The van der Waals surface area contributed by atoms with E-state index in [1.54, 1.807) is 0 Å². The van der Waals surface area contributed by atoms with Crippen LogP contribution in [0.5, 0.6) is 0 Å². The first-order valence-corrected chi connectivity index (χ1v) is 3.44. The molecule has 0 heterocycles. The number of allylic oxidation sites excluding steroid dienone is 2. The van der Waals surface area contributed by atoms with E-state index < -0.39 is 0 Å². The van der Waals surface area contributed by atoms with Crippen molar-refractivity contribution in [3.05, 3.63) is 11.8 Å². The number of aliphatic hydroxyl groups is 1. The van der Waals surface area contributed by atoms with Crippen LogP contribution in [-0.2, 0) is 0 Å². The summed E-state index contributed by atoms with van der Waals surface area (Å²) in [6.07, 6.45) is 1.88. The van der Waals surface area contributed by atoms with Gasteiger partial charge in [-0.05, 0) is 12.0 Å². The van der Waals surface area contributed by atoms with Crippen molar-refractivity contribution in [1.82, 2.24) is 0 Å². The highest BCUT2D eigenvalue weighted by Gasteiger charge is 1.99. The summed E-state index contributed by atoms with van der Waals surface area (Å²) in [7, 11) is 0. The van der Waals surface area contributed by atoms with Gasteiger partial charge in [-0.25, -0.2) is 0 Å². The summed E-state index contributed by atoms with van der Waals surface area (Å²) in [4.78, 5) is 0. The molecule has 0 aromatic carbocycles. The minimum atomic E-state index is 0.271. The van der Waals surface area contributed by atoms with Crippen LogP contribution in [-0.4, -0.2) is 5.11 Å². The SMILES string of the molecule is CC(C)/C=C(\O)C(C)C. The fourth-order valence-corrected chi connectivity index (χ4v) is 0.534. The fraction of sp³-hybridized carbons (Fsp3) is 0.750. The molecule has 0 atom stereocenters. The summed E-state index contributed by atoms with van der Waals surface area (Å²) in [5.74, 6) is 1.23. The van der Waals surface area contributed by atoms with E-state index in [0.717, 1.165) is 0 Å². The van der Waals surface area contributed by atoms with E-state index >= 15 is 0 Å². The Labute approximate surface area is 57.4 Å². The molecule has 0 saturated carbocycles. The molecule has 0 aliphatic rings. The van der Waals surface area contributed by atoms with E-state index in [0.29, 0.717) is 11.7 Å². The summed E-state index contributed by atoms with van der Waals surface area (Å²) < 4.78 is 0. The van der Waals surface area contributed by atoms with Crippen molar-refractivity contribution in [1.29, 1.82) is 0 Å². The minimum Gasteiger partial charge on any atom is -0.512 e. The monoisotopic (exact) mass is 128 g/mol. The van der Waals surface area contributed by atoms with Crippen LogP contribution in [0.3, 0.4) is 0 Å². The molecule has 0 fully saturated rings. The molecule has 0 aliphatic heterocycles. The Balaban J connectivity index is 3.84. The zero-order chi connectivity index (χ0) is 7.44. The first kappa shape index (κ1) is 8.54. The van der Waals surface area contributed by atoms with Crippen LogP contribution >= 0.6 is 0 Å². The highest BCUT2D eigenvalue weighted by molar-refractivity contribution is 4.95. The maximum absolute atomic E-state index is 9.16. The van der Waals surface area contributed by atoms with E-state index in [-0.39, 0.29) is 5.92 Å². The molecule has 0 aromatic rings. The molecule has 0 rings (SSSR count). The highest BCUT2D eigenvalue weighted by atomic mass is 16.3. The van der Waals surface area contributed by atoms with Gasteiger partial charge in [-0.2, -0.15) is 0 Å². The number of hydrogen-bond donors (Lipinski definition) is 1. The highest BCUT2D eigenvalue weighted by Crippen LogP contribution is 2.08. The normalized spacial score (nSPS) is 13.3. The Kier molecular flexibility index (Phi) is 3.36. The standard InChI is InChI=1S/C8H16O/c1-6(2)5-8(9)7(3)4/h5-7,9H,1-4H3/b8-5-. The molecule has 0 spiro atoms. The lowest BCUT2D eigenvalue weighted by atomic mass is 10.1. The smallest absolute Gasteiger partial charge is 0.0910 e. The van der Waals surface area contributed by atoms with Crippen molar-refractivity contribution in [3.63, 3.8) is 0 Å². The van der Waals surface area contributed by atoms with Crippen molar-refractivity contribution in [2.45, 2.75) is 27.7 Å². The van der Waals surface area contributed by atoms with Crippen LogP contribution in [0.4, 0.5) is 0 Å². The summed E-state index contributed by atoms with van der Waals surface area (Å²) in [6, 6.07) is 0. The first-order valence-electron chi connectivity index (χ1n) is 3.44. The molecular weight excluding hydrogens is 112 g/mol. The van der Waals surface area contributed by atoms with E-state index in [1.165, 1.54) is 0 Å². The molecule has 0 radical (unpaired) electrons. The van der Waals surface area contributed by atoms with Gasteiger partial charge in [0.05, 0.1) is 5.76 Å². The Morgan fingerprint density at radius 1 is 1.22 bits per heavy atom. The van der Waals surface area contributed by atoms with Crippen molar-refractivity contribution in [2.75, 3.05) is 0 Å². The van der Waals surface area contributed by atoms with Gasteiger partial charge in [-0.3, -0.25) is 0 Å². The van der Waals surface area contributed by atoms with Gasteiger partial charge in [0.1, 0.15) is 0 Å². The van der Waals surface area contributed by atoms with Gasteiger partial charge < -0.3 is 5.11 Å². The second kappa shape index (κ2) is 3.54. The molecule has 1 nitrogen and oxygen atoms in total. The zero-order valence-corrected chi connectivity index (χ0v) is 6.68. The first-order chi connectivity index (χ1) is 4.04. The van der Waals surface area contributed by atoms with E-state index in [9.17, 15) is 0 Å². The van der Waals surface area contributed by atoms with Gasteiger partial charge in [0.25, 0.3) is 0 Å². The van der Waals surface area contributed by atoms with Crippen LogP contribution in [0.15, 0.2) is 11.8 Å². The molecule has 54 valence electrons. The van der Waals surface area contributed by atoms with Gasteiger partial charge in [0, 0.05) is 5.92 Å². The van der Waals surface area contributed by atoms with E-state index in [2.05, 4.69) is 13.8 Å². The maximum atomic E-state index is 9.16.